The summed E-state index contributed by atoms with van der Waals surface area (Å²) in [6.07, 6.45) is 5.38. The number of ether oxygens (including phenoxy) is 1. The van der Waals surface area contributed by atoms with Gasteiger partial charge in [-0.05, 0) is 32.1 Å². The quantitative estimate of drug-likeness (QED) is 0.643. The summed E-state index contributed by atoms with van der Waals surface area (Å²) in [6, 6.07) is 1.47. The molecule has 0 aromatic rings. The van der Waals surface area contributed by atoms with Crippen molar-refractivity contribution in [3.05, 3.63) is 0 Å². The smallest absolute Gasteiger partial charge is 0.0510 e. The van der Waals surface area contributed by atoms with Gasteiger partial charge >= 0.3 is 0 Å². The zero-order chi connectivity index (χ0) is 8.39. The molecule has 2 aliphatic rings. The van der Waals surface area contributed by atoms with Crippen LogP contribution in [0.3, 0.4) is 0 Å². The minimum Gasteiger partial charge on any atom is -0.381 e. The summed E-state index contributed by atoms with van der Waals surface area (Å²) in [5.74, 6) is 0.799. The van der Waals surface area contributed by atoms with Gasteiger partial charge in [0.2, 0.25) is 0 Å². The summed E-state index contributed by atoms with van der Waals surface area (Å²) >= 11 is 0. The van der Waals surface area contributed by atoms with Gasteiger partial charge in [-0.25, -0.2) is 0 Å². The van der Waals surface area contributed by atoms with Gasteiger partial charge in [0.25, 0.3) is 0 Å². The van der Waals surface area contributed by atoms with Crippen molar-refractivity contribution >= 4 is 0 Å². The Bertz CT molecular complexity index is 143. The minimum atomic E-state index is 0.726. The van der Waals surface area contributed by atoms with Crippen LogP contribution in [0.5, 0.6) is 0 Å². The molecule has 0 aliphatic carbocycles. The molecule has 2 rings (SSSR count). The summed E-state index contributed by atoms with van der Waals surface area (Å²) in [7, 11) is 0. The molecule has 2 heterocycles. The number of nitrogens with one attached hydrogen (secondary N) is 1. The van der Waals surface area contributed by atoms with Gasteiger partial charge in [0.05, 0.1) is 6.61 Å². The Kier molecular flexibility index (Phi) is 2.66. The molecular weight excluding hydrogens is 150 g/mol. The largest absolute Gasteiger partial charge is 0.381 e. The molecule has 2 heteroatoms. The highest BCUT2D eigenvalue weighted by Crippen LogP contribution is 2.24. The number of hydrogen-bond acceptors (Lipinski definition) is 2. The summed E-state index contributed by atoms with van der Waals surface area (Å²) in [6.45, 7) is 4.27. The van der Waals surface area contributed by atoms with E-state index in [9.17, 15) is 0 Å². The van der Waals surface area contributed by atoms with Crippen LogP contribution in [0.15, 0.2) is 0 Å². The molecule has 0 aromatic heterocycles. The van der Waals surface area contributed by atoms with Crippen LogP contribution in [0.2, 0.25) is 0 Å². The van der Waals surface area contributed by atoms with Gasteiger partial charge in [-0.15, -0.1) is 0 Å². The summed E-state index contributed by atoms with van der Waals surface area (Å²) in [4.78, 5) is 0. The standard InChI is InChI=1S/C10H19NO/c1-8-3-2-4-10(11-8)9-5-6-12-7-9/h8-11H,2-7H2,1H3. The first-order valence-corrected chi connectivity index (χ1v) is 5.20. The van der Waals surface area contributed by atoms with E-state index in [0.717, 1.165) is 31.2 Å². The first-order valence-electron chi connectivity index (χ1n) is 5.20. The Balaban J connectivity index is 1.85. The Morgan fingerprint density at radius 1 is 1.25 bits per heavy atom. The van der Waals surface area contributed by atoms with Crippen LogP contribution in [0.1, 0.15) is 32.6 Å². The van der Waals surface area contributed by atoms with Crippen molar-refractivity contribution in [1.82, 2.24) is 5.32 Å². The second-order valence-corrected chi connectivity index (χ2v) is 4.23. The fourth-order valence-electron chi connectivity index (χ4n) is 2.42. The maximum absolute atomic E-state index is 5.41. The van der Waals surface area contributed by atoms with E-state index in [-0.39, 0.29) is 0 Å². The van der Waals surface area contributed by atoms with Crippen molar-refractivity contribution in [3.63, 3.8) is 0 Å². The van der Waals surface area contributed by atoms with Gasteiger partial charge in [0, 0.05) is 18.7 Å². The van der Waals surface area contributed by atoms with Crippen LogP contribution < -0.4 is 5.32 Å². The maximum Gasteiger partial charge on any atom is 0.0510 e. The van der Waals surface area contributed by atoms with E-state index < -0.39 is 0 Å². The Hall–Kier alpha value is -0.0800. The lowest BCUT2D eigenvalue weighted by atomic mass is 9.89. The van der Waals surface area contributed by atoms with E-state index in [2.05, 4.69) is 12.2 Å². The predicted molar refractivity (Wildman–Crippen MR) is 49.2 cm³/mol. The molecule has 0 bridgehead atoms. The van der Waals surface area contributed by atoms with Crippen molar-refractivity contribution in [3.8, 4) is 0 Å². The lowest BCUT2D eigenvalue weighted by molar-refractivity contribution is 0.166. The molecule has 0 amide bonds. The molecular formula is C10H19NO. The Morgan fingerprint density at radius 3 is 2.83 bits per heavy atom. The third-order valence-corrected chi connectivity index (χ3v) is 3.18. The number of rotatable bonds is 1. The van der Waals surface area contributed by atoms with E-state index >= 15 is 0 Å². The highest BCUT2D eigenvalue weighted by atomic mass is 16.5. The van der Waals surface area contributed by atoms with Crippen molar-refractivity contribution in [2.75, 3.05) is 13.2 Å². The molecule has 12 heavy (non-hydrogen) atoms. The molecule has 2 saturated heterocycles. The normalized spacial score (nSPS) is 43.2. The average molecular weight is 169 g/mol. The second kappa shape index (κ2) is 3.75. The van der Waals surface area contributed by atoms with E-state index in [1.54, 1.807) is 0 Å². The van der Waals surface area contributed by atoms with Crippen LogP contribution >= 0.6 is 0 Å². The molecule has 1 N–H and O–H groups in total. The van der Waals surface area contributed by atoms with Gasteiger partial charge in [-0.1, -0.05) is 6.42 Å². The SMILES string of the molecule is CC1CCCC(C2CCOC2)N1. The fraction of sp³-hybridized carbons (Fsp3) is 1.00. The zero-order valence-corrected chi connectivity index (χ0v) is 7.88. The summed E-state index contributed by atoms with van der Waals surface area (Å²) in [5.41, 5.74) is 0. The zero-order valence-electron chi connectivity index (χ0n) is 7.88. The summed E-state index contributed by atoms with van der Waals surface area (Å²) < 4.78 is 5.41. The molecule has 0 radical (unpaired) electrons. The molecule has 3 atom stereocenters. The molecule has 2 fully saturated rings. The third-order valence-electron chi connectivity index (χ3n) is 3.18. The van der Waals surface area contributed by atoms with Gasteiger partial charge in [-0.2, -0.15) is 0 Å². The fourth-order valence-corrected chi connectivity index (χ4v) is 2.42. The first kappa shape index (κ1) is 8.52. The Labute approximate surface area is 74.7 Å². The molecule has 3 unspecified atom stereocenters. The van der Waals surface area contributed by atoms with Crippen LogP contribution in [0.25, 0.3) is 0 Å². The number of piperidine rings is 1. The molecule has 0 spiro atoms. The van der Waals surface area contributed by atoms with E-state index in [0.29, 0.717) is 0 Å². The lowest BCUT2D eigenvalue weighted by Crippen LogP contribution is -2.45. The molecule has 2 nitrogen and oxygen atoms in total. The van der Waals surface area contributed by atoms with Crippen LogP contribution in [-0.2, 0) is 4.74 Å². The van der Waals surface area contributed by atoms with Crippen molar-refractivity contribution in [2.45, 2.75) is 44.7 Å². The van der Waals surface area contributed by atoms with Crippen LogP contribution in [0.4, 0.5) is 0 Å². The molecule has 2 aliphatic heterocycles. The maximum atomic E-state index is 5.41. The van der Waals surface area contributed by atoms with Crippen molar-refractivity contribution in [2.24, 2.45) is 5.92 Å². The van der Waals surface area contributed by atoms with Crippen molar-refractivity contribution < 1.29 is 4.74 Å². The summed E-state index contributed by atoms with van der Waals surface area (Å²) in [5, 5.41) is 3.68. The number of hydrogen-bond donors (Lipinski definition) is 1. The first-order chi connectivity index (χ1) is 5.86. The molecule has 0 saturated carbocycles. The topological polar surface area (TPSA) is 21.3 Å². The van der Waals surface area contributed by atoms with E-state index in [1.807, 2.05) is 0 Å². The van der Waals surface area contributed by atoms with Gasteiger partial charge < -0.3 is 10.1 Å². The average Bonchev–Trinajstić information content (AvgIpc) is 2.56. The van der Waals surface area contributed by atoms with Gasteiger partial charge in [-0.3, -0.25) is 0 Å². The highest BCUT2D eigenvalue weighted by molar-refractivity contribution is 4.84. The minimum absolute atomic E-state index is 0.726. The van der Waals surface area contributed by atoms with E-state index in [1.165, 1.54) is 25.7 Å². The monoisotopic (exact) mass is 169 g/mol. The van der Waals surface area contributed by atoms with E-state index in [4.69, 9.17) is 4.74 Å². The second-order valence-electron chi connectivity index (χ2n) is 4.23. The van der Waals surface area contributed by atoms with Gasteiger partial charge in [0.15, 0.2) is 0 Å². The molecule has 0 aromatic carbocycles. The third kappa shape index (κ3) is 1.80. The molecule has 70 valence electrons. The van der Waals surface area contributed by atoms with Crippen LogP contribution in [-0.4, -0.2) is 25.3 Å². The lowest BCUT2D eigenvalue weighted by Gasteiger charge is -2.32. The highest BCUT2D eigenvalue weighted by Gasteiger charge is 2.28. The van der Waals surface area contributed by atoms with Crippen molar-refractivity contribution in [1.29, 1.82) is 0 Å². The van der Waals surface area contributed by atoms with Gasteiger partial charge in [0.1, 0.15) is 0 Å². The predicted octanol–water partition coefficient (Wildman–Crippen LogP) is 1.55. The van der Waals surface area contributed by atoms with Crippen LogP contribution in [0, 0.1) is 5.92 Å². The Morgan fingerprint density at radius 2 is 2.17 bits per heavy atom.